The Balaban J connectivity index is 2.13. The summed E-state index contributed by atoms with van der Waals surface area (Å²) in [6.07, 6.45) is -3.04. The highest BCUT2D eigenvalue weighted by atomic mass is 19.4. The average molecular weight is 282 g/mol. The molecule has 2 aromatic rings. The number of hydrogen-bond acceptors (Lipinski definition) is 4. The molecule has 3 N–H and O–H groups in total. The molecule has 0 bridgehead atoms. The summed E-state index contributed by atoms with van der Waals surface area (Å²) in [5.41, 5.74) is 6.14. The van der Waals surface area contributed by atoms with Crippen LogP contribution in [0.4, 0.5) is 24.8 Å². The van der Waals surface area contributed by atoms with E-state index >= 15 is 0 Å². The number of anilines is 2. The monoisotopic (exact) mass is 282 g/mol. The van der Waals surface area contributed by atoms with Crippen molar-refractivity contribution in [2.75, 3.05) is 11.1 Å². The van der Waals surface area contributed by atoms with Gasteiger partial charge in [0.2, 0.25) is 0 Å². The predicted octanol–water partition coefficient (Wildman–Crippen LogP) is 3.00. The summed E-state index contributed by atoms with van der Waals surface area (Å²) >= 11 is 0. The molecule has 106 valence electrons. The van der Waals surface area contributed by atoms with Gasteiger partial charge in [-0.05, 0) is 24.6 Å². The largest absolute Gasteiger partial charge is 0.416 e. The molecule has 20 heavy (non-hydrogen) atoms. The van der Waals surface area contributed by atoms with Gasteiger partial charge in [-0.15, -0.1) is 0 Å². The molecule has 0 fully saturated rings. The van der Waals surface area contributed by atoms with E-state index in [4.69, 9.17) is 5.73 Å². The first-order valence-electron chi connectivity index (χ1n) is 5.85. The van der Waals surface area contributed by atoms with Gasteiger partial charge in [-0.3, -0.25) is 0 Å². The summed E-state index contributed by atoms with van der Waals surface area (Å²) in [4.78, 5) is 7.82. The topological polar surface area (TPSA) is 63.8 Å². The number of aromatic nitrogens is 2. The van der Waals surface area contributed by atoms with E-state index in [2.05, 4.69) is 15.3 Å². The fraction of sp³-hybridized carbons (Fsp3) is 0.231. The third kappa shape index (κ3) is 3.17. The third-order valence-electron chi connectivity index (χ3n) is 2.84. The summed E-state index contributed by atoms with van der Waals surface area (Å²) < 4.78 is 37.8. The molecule has 0 saturated heterocycles. The number of rotatable bonds is 3. The lowest BCUT2D eigenvalue weighted by Crippen LogP contribution is -2.08. The second-order valence-electron chi connectivity index (χ2n) is 4.28. The predicted molar refractivity (Wildman–Crippen MR) is 70.0 cm³/mol. The zero-order valence-electron chi connectivity index (χ0n) is 10.7. The normalized spacial score (nSPS) is 11.4. The average Bonchev–Trinajstić information content (AvgIpc) is 2.40. The van der Waals surface area contributed by atoms with Gasteiger partial charge >= 0.3 is 6.18 Å². The highest BCUT2D eigenvalue weighted by Gasteiger charge is 2.30. The molecule has 1 aromatic heterocycles. The number of nitrogen functional groups attached to an aromatic ring is 1. The van der Waals surface area contributed by atoms with E-state index in [0.717, 1.165) is 12.1 Å². The number of nitrogens with zero attached hydrogens (tertiary/aromatic N) is 2. The molecule has 0 aliphatic rings. The number of hydrogen-bond donors (Lipinski definition) is 2. The highest BCUT2D eigenvalue weighted by Crippen LogP contribution is 2.29. The van der Waals surface area contributed by atoms with Crippen molar-refractivity contribution in [2.45, 2.75) is 19.6 Å². The molecule has 0 saturated carbocycles. The van der Waals surface area contributed by atoms with Crippen LogP contribution < -0.4 is 11.1 Å². The molecule has 0 aliphatic heterocycles. The molecule has 1 heterocycles. The van der Waals surface area contributed by atoms with Crippen LogP contribution in [0.3, 0.4) is 0 Å². The van der Waals surface area contributed by atoms with Crippen LogP contribution >= 0.6 is 0 Å². The van der Waals surface area contributed by atoms with Crippen LogP contribution in [0.15, 0.2) is 30.6 Å². The lowest BCUT2D eigenvalue weighted by atomic mass is 10.1. The Kier molecular flexibility index (Phi) is 3.78. The van der Waals surface area contributed by atoms with Crippen molar-refractivity contribution in [3.05, 3.63) is 47.3 Å². The summed E-state index contributed by atoms with van der Waals surface area (Å²) in [5.74, 6) is 0.849. The van der Waals surface area contributed by atoms with Crippen molar-refractivity contribution in [1.82, 2.24) is 9.97 Å². The molecule has 2 rings (SSSR count). The maximum absolute atomic E-state index is 12.6. The summed E-state index contributed by atoms with van der Waals surface area (Å²) in [6.45, 7) is 1.96. The van der Waals surface area contributed by atoms with Crippen LogP contribution in [0.1, 0.15) is 16.7 Å². The van der Waals surface area contributed by atoms with Crippen LogP contribution in [-0.4, -0.2) is 9.97 Å². The first-order valence-corrected chi connectivity index (χ1v) is 5.85. The van der Waals surface area contributed by atoms with Crippen LogP contribution in [0.5, 0.6) is 0 Å². The van der Waals surface area contributed by atoms with Crippen molar-refractivity contribution in [2.24, 2.45) is 0 Å². The summed E-state index contributed by atoms with van der Waals surface area (Å²) in [7, 11) is 0. The van der Waals surface area contributed by atoms with Crippen molar-refractivity contribution in [3.8, 4) is 0 Å². The Morgan fingerprint density at radius 3 is 2.70 bits per heavy atom. The molecular weight excluding hydrogens is 269 g/mol. The van der Waals surface area contributed by atoms with Crippen LogP contribution in [0, 0.1) is 6.92 Å². The minimum absolute atomic E-state index is 0.223. The van der Waals surface area contributed by atoms with E-state index < -0.39 is 11.7 Å². The van der Waals surface area contributed by atoms with Crippen molar-refractivity contribution >= 4 is 11.6 Å². The molecule has 4 nitrogen and oxygen atoms in total. The zero-order chi connectivity index (χ0) is 14.8. The molecule has 0 radical (unpaired) electrons. The minimum Gasteiger partial charge on any atom is -0.383 e. The van der Waals surface area contributed by atoms with Gasteiger partial charge in [0, 0.05) is 12.1 Å². The van der Waals surface area contributed by atoms with Gasteiger partial charge in [0.05, 0.1) is 5.56 Å². The molecule has 0 unspecified atom stereocenters. The van der Waals surface area contributed by atoms with Crippen LogP contribution in [0.2, 0.25) is 0 Å². The smallest absolute Gasteiger partial charge is 0.383 e. The SMILES string of the molecule is Cc1c(N)ncnc1NCc1cccc(C(F)(F)F)c1. The quantitative estimate of drug-likeness (QED) is 0.908. The van der Waals surface area contributed by atoms with Crippen LogP contribution in [0.25, 0.3) is 0 Å². The van der Waals surface area contributed by atoms with Crippen molar-refractivity contribution in [3.63, 3.8) is 0 Å². The standard InChI is InChI=1S/C13H13F3N4/c1-8-11(17)19-7-20-12(8)18-6-9-3-2-4-10(5-9)13(14,15)16/h2-5,7H,6H2,1H3,(H3,17,18,19,20). The lowest BCUT2D eigenvalue weighted by molar-refractivity contribution is -0.137. The second kappa shape index (κ2) is 5.36. The highest BCUT2D eigenvalue weighted by molar-refractivity contribution is 5.54. The fourth-order valence-corrected chi connectivity index (χ4v) is 1.69. The number of benzene rings is 1. The Morgan fingerprint density at radius 1 is 1.25 bits per heavy atom. The molecular formula is C13H13F3N4. The number of halogens is 3. The van der Waals surface area contributed by atoms with E-state index in [1.165, 1.54) is 12.4 Å². The van der Waals surface area contributed by atoms with E-state index in [1.807, 2.05) is 0 Å². The van der Waals surface area contributed by atoms with Gasteiger partial charge < -0.3 is 11.1 Å². The number of nitrogens with two attached hydrogens (primary N) is 1. The number of alkyl halides is 3. The molecule has 1 aromatic carbocycles. The van der Waals surface area contributed by atoms with Gasteiger partial charge in [-0.1, -0.05) is 12.1 Å². The van der Waals surface area contributed by atoms with Gasteiger partial charge in [-0.25, -0.2) is 9.97 Å². The van der Waals surface area contributed by atoms with E-state index in [9.17, 15) is 13.2 Å². The van der Waals surface area contributed by atoms with Crippen molar-refractivity contribution in [1.29, 1.82) is 0 Å². The Bertz CT molecular complexity index is 611. The van der Waals surface area contributed by atoms with Crippen molar-refractivity contribution < 1.29 is 13.2 Å². The maximum atomic E-state index is 12.6. The first kappa shape index (κ1) is 14.1. The molecule has 0 spiro atoms. The summed E-state index contributed by atoms with van der Waals surface area (Å²) in [6, 6.07) is 5.13. The Morgan fingerprint density at radius 2 is 2.00 bits per heavy atom. The molecule has 0 atom stereocenters. The minimum atomic E-state index is -4.34. The number of nitrogens with one attached hydrogen (secondary N) is 1. The Labute approximate surface area is 113 Å². The Hall–Kier alpha value is -2.31. The fourth-order valence-electron chi connectivity index (χ4n) is 1.69. The van der Waals surface area contributed by atoms with E-state index in [-0.39, 0.29) is 6.54 Å². The summed E-state index contributed by atoms with van der Waals surface area (Å²) in [5, 5.41) is 2.95. The lowest BCUT2D eigenvalue weighted by Gasteiger charge is -2.11. The molecule has 0 aliphatic carbocycles. The third-order valence-corrected chi connectivity index (χ3v) is 2.84. The molecule has 7 heteroatoms. The maximum Gasteiger partial charge on any atom is 0.416 e. The van der Waals surface area contributed by atoms with E-state index in [1.54, 1.807) is 13.0 Å². The van der Waals surface area contributed by atoms with Gasteiger partial charge in [0.15, 0.2) is 0 Å². The van der Waals surface area contributed by atoms with Gasteiger partial charge in [0.25, 0.3) is 0 Å². The second-order valence-corrected chi connectivity index (χ2v) is 4.28. The van der Waals surface area contributed by atoms with Crippen LogP contribution in [-0.2, 0) is 12.7 Å². The zero-order valence-corrected chi connectivity index (χ0v) is 10.7. The van der Waals surface area contributed by atoms with Gasteiger partial charge in [0.1, 0.15) is 18.0 Å². The van der Waals surface area contributed by atoms with Gasteiger partial charge in [-0.2, -0.15) is 13.2 Å². The van der Waals surface area contributed by atoms with E-state index in [0.29, 0.717) is 22.8 Å². The first-order chi connectivity index (χ1) is 9.38. The molecule has 0 amide bonds.